The number of carbonyl (C=O) groups excluding carboxylic acids is 1. The number of esters is 1. The van der Waals surface area contributed by atoms with E-state index >= 15 is 0 Å². The molecule has 0 spiro atoms. The fourth-order valence-electron chi connectivity index (χ4n) is 2.80. The Labute approximate surface area is 164 Å². The Bertz CT molecular complexity index is 768. The van der Waals surface area contributed by atoms with Crippen LogP contribution in [0.15, 0.2) is 42.5 Å². The van der Waals surface area contributed by atoms with Crippen LogP contribution in [0.4, 0.5) is 13.2 Å². The zero-order chi connectivity index (χ0) is 19.5. The molecule has 0 amide bonds. The minimum absolute atomic E-state index is 0.299. The molecule has 2 rings (SSSR count). The summed E-state index contributed by atoms with van der Waals surface area (Å²) < 4.78 is 44.1. The highest BCUT2D eigenvalue weighted by molar-refractivity contribution is 14.1. The van der Waals surface area contributed by atoms with Crippen LogP contribution in [0.5, 0.6) is 0 Å². The van der Waals surface area contributed by atoms with Gasteiger partial charge in [-0.15, -0.1) is 0 Å². The number of hydrogen-bond acceptors (Lipinski definition) is 2. The van der Waals surface area contributed by atoms with Crippen molar-refractivity contribution in [3.8, 4) is 11.1 Å². The standard InChI is InChI=1S/C20H20F3IO2/c1-12(2)10-17(19(25)26-3)14-6-9-18(24)16(11-14)13-4-7-15(8-5-13)20(21,22)23/h4-9,11-12,17H,10H2,1-3H3. The molecular weight excluding hydrogens is 456 g/mol. The molecule has 0 bridgehead atoms. The number of rotatable bonds is 5. The summed E-state index contributed by atoms with van der Waals surface area (Å²) in [6, 6.07) is 10.7. The highest BCUT2D eigenvalue weighted by atomic mass is 127. The molecule has 0 N–H and O–H groups in total. The molecule has 26 heavy (non-hydrogen) atoms. The molecule has 0 saturated heterocycles. The van der Waals surface area contributed by atoms with E-state index in [2.05, 4.69) is 22.6 Å². The van der Waals surface area contributed by atoms with Gasteiger partial charge in [-0.05, 0) is 75.9 Å². The molecule has 6 heteroatoms. The summed E-state index contributed by atoms with van der Waals surface area (Å²) in [6.45, 7) is 4.05. The number of ether oxygens (including phenoxy) is 1. The van der Waals surface area contributed by atoms with E-state index < -0.39 is 17.7 Å². The zero-order valence-corrected chi connectivity index (χ0v) is 16.9. The van der Waals surface area contributed by atoms with E-state index in [1.165, 1.54) is 19.2 Å². The van der Waals surface area contributed by atoms with Crippen LogP contribution in [0.3, 0.4) is 0 Å². The van der Waals surface area contributed by atoms with Crippen molar-refractivity contribution >= 4 is 28.6 Å². The molecule has 0 fully saturated rings. The molecule has 0 aromatic heterocycles. The van der Waals surface area contributed by atoms with E-state index in [0.29, 0.717) is 17.9 Å². The van der Waals surface area contributed by atoms with Gasteiger partial charge in [-0.3, -0.25) is 4.79 Å². The third-order valence-electron chi connectivity index (χ3n) is 4.11. The van der Waals surface area contributed by atoms with Gasteiger partial charge < -0.3 is 4.74 Å². The number of carbonyl (C=O) groups is 1. The first-order valence-corrected chi connectivity index (χ1v) is 9.26. The summed E-state index contributed by atoms with van der Waals surface area (Å²) in [5.41, 5.74) is 1.60. The molecule has 0 aliphatic heterocycles. The number of halogens is 4. The van der Waals surface area contributed by atoms with E-state index in [-0.39, 0.29) is 5.97 Å². The largest absolute Gasteiger partial charge is 0.469 e. The Balaban J connectivity index is 2.44. The highest BCUT2D eigenvalue weighted by Crippen LogP contribution is 2.34. The summed E-state index contributed by atoms with van der Waals surface area (Å²) in [7, 11) is 1.36. The fourth-order valence-corrected chi connectivity index (χ4v) is 3.45. The maximum Gasteiger partial charge on any atom is 0.416 e. The minimum Gasteiger partial charge on any atom is -0.469 e. The Morgan fingerprint density at radius 2 is 1.73 bits per heavy atom. The lowest BCUT2D eigenvalue weighted by Crippen LogP contribution is -2.16. The second kappa shape index (κ2) is 8.41. The summed E-state index contributed by atoms with van der Waals surface area (Å²) in [4.78, 5) is 12.2. The molecule has 0 aliphatic rings. The number of hydrogen-bond donors (Lipinski definition) is 0. The molecule has 0 saturated carbocycles. The van der Waals surface area contributed by atoms with E-state index in [4.69, 9.17) is 4.74 Å². The predicted octanol–water partition coefficient (Wildman–Crippen LogP) is 6.28. The lowest BCUT2D eigenvalue weighted by molar-refractivity contribution is -0.143. The van der Waals surface area contributed by atoms with E-state index in [1.807, 2.05) is 32.0 Å². The van der Waals surface area contributed by atoms with Crippen LogP contribution >= 0.6 is 22.6 Å². The summed E-state index contributed by atoms with van der Waals surface area (Å²) in [5.74, 6) is -0.406. The molecule has 1 unspecified atom stereocenters. The summed E-state index contributed by atoms with van der Waals surface area (Å²) in [5, 5.41) is 0. The summed E-state index contributed by atoms with van der Waals surface area (Å²) in [6.07, 6.45) is -3.72. The van der Waals surface area contributed by atoms with Gasteiger partial charge in [-0.2, -0.15) is 13.2 Å². The predicted molar refractivity (Wildman–Crippen MR) is 104 cm³/mol. The molecular formula is C20H20F3IO2. The Kier molecular flexibility index (Phi) is 6.71. The van der Waals surface area contributed by atoms with Crippen molar-refractivity contribution in [2.24, 2.45) is 5.92 Å². The molecule has 0 radical (unpaired) electrons. The SMILES string of the molecule is COC(=O)C(CC(C)C)c1ccc(I)c(-c2ccc(C(F)(F)F)cc2)c1. The van der Waals surface area contributed by atoms with Crippen molar-refractivity contribution in [1.82, 2.24) is 0 Å². The molecule has 0 aliphatic carbocycles. The number of alkyl halides is 3. The first-order chi connectivity index (χ1) is 12.1. The molecule has 2 nitrogen and oxygen atoms in total. The molecule has 1 atom stereocenters. The van der Waals surface area contributed by atoms with Crippen LogP contribution in [-0.2, 0) is 15.7 Å². The molecule has 0 heterocycles. The van der Waals surface area contributed by atoms with Gasteiger partial charge in [0.05, 0.1) is 18.6 Å². The average Bonchev–Trinajstić information content (AvgIpc) is 2.59. The van der Waals surface area contributed by atoms with E-state index in [1.54, 1.807) is 0 Å². The van der Waals surface area contributed by atoms with Crippen molar-refractivity contribution in [2.45, 2.75) is 32.4 Å². The Morgan fingerprint density at radius 3 is 2.23 bits per heavy atom. The van der Waals surface area contributed by atoms with Crippen molar-refractivity contribution in [2.75, 3.05) is 7.11 Å². The second-order valence-corrected chi connectivity index (χ2v) is 7.68. The van der Waals surface area contributed by atoms with Gasteiger partial charge >= 0.3 is 12.1 Å². The topological polar surface area (TPSA) is 26.3 Å². The van der Waals surface area contributed by atoms with Crippen LogP contribution in [-0.4, -0.2) is 13.1 Å². The quantitative estimate of drug-likeness (QED) is 0.375. The monoisotopic (exact) mass is 476 g/mol. The Morgan fingerprint density at radius 1 is 1.12 bits per heavy atom. The number of methoxy groups -OCH3 is 1. The lowest BCUT2D eigenvalue weighted by atomic mass is 9.88. The van der Waals surface area contributed by atoms with Crippen molar-refractivity contribution < 1.29 is 22.7 Å². The Hall–Kier alpha value is -1.57. The van der Waals surface area contributed by atoms with E-state index in [9.17, 15) is 18.0 Å². The van der Waals surface area contributed by atoms with Crippen LogP contribution in [0.25, 0.3) is 11.1 Å². The smallest absolute Gasteiger partial charge is 0.416 e. The third-order valence-corrected chi connectivity index (χ3v) is 5.05. The fraction of sp³-hybridized carbons (Fsp3) is 0.350. The lowest BCUT2D eigenvalue weighted by Gasteiger charge is -2.19. The van der Waals surface area contributed by atoms with Crippen LogP contribution in [0.2, 0.25) is 0 Å². The van der Waals surface area contributed by atoms with Gasteiger partial charge in [0.2, 0.25) is 0 Å². The van der Waals surface area contributed by atoms with Gasteiger partial charge in [0.15, 0.2) is 0 Å². The maximum atomic E-state index is 12.8. The second-order valence-electron chi connectivity index (χ2n) is 6.52. The normalized spacial score (nSPS) is 12.9. The van der Waals surface area contributed by atoms with Crippen LogP contribution in [0, 0.1) is 9.49 Å². The van der Waals surface area contributed by atoms with Crippen molar-refractivity contribution in [1.29, 1.82) is 0 Å². The highest BCUT2D eigenvalue weighted by Gasteiger charge is 2.30. The van der Waals surface area contributed by atoms with Crippen LogP contribution in [0.1, 0.15) is 37.3 Å². The van der Waals surface area contributed by atoms with Gasteiger partial charge in [-0.1, -0.05) is 32.0 Å². The first kappa shape index (κ1) is 20.7. The van der Waals surface area contributed by atoms with Crippen LogP contribution < -0.4 is 0 Å². The molecule has 140 valence electrons. The zero-order valence-electron chi connectivity index (χ0n) is 14.7. The van der Waals surface area contributed by atoms with Gasteiger partial charge in [0, 0.05) is 3.57 Å². The first-order valence-electron chi connectivity index (χ1n) is 8.18. The summed E-state index contributed by atoms with van der Waals surface area (Å²) >= 11 is 2.14. The van der Waals surface area contributed by atoms with Crippen molar-refractivity contribution in [3.05, 3.63) is 57.2 Å². The molecule has 2 aromatic carbocycles. The minimum atomic E-state index is -4.36. The van der Waals surface area contributed by atoms with Gasteiger partial charge in [0.25, 0.3) is 0 Å². The van der Waals surface area contributed by atoms with Gasteiger partial charge in [-0.25, -0.2) is 0 Å². The van der Waals surface area contributed by atoms with Crippen molar-refractivity contribution in [3.63, 3.8) is 0 Å². The average molecular weight is 476 g/mol. The van der Waals surface area contributed by atoms with E-state index in [0.717, 1.165) is 26.8 Å². The molecule has 2 aromatic rings. The number of benzene rings is 2. The maximum absolute atomic E-state index is 12.8. The third kappa shape index (κ3) is 4.99. The van der Waals surface area contributed by atoms with Gasteiger partial charge in [0.1, 0.15) is 0 Å².